The Balaban J connectivity index is 2.38. The molecule has 0 amide bonds. The maximum atomic E-state index is 11.4. The van der Waals surface area contributed by atoms with Crippen LogP contribution >= 0.6 is 11.6 Å². The van der Waals surface area contributed by atoms with Crippen molar-refractivity contribution < 1.29 is 0 Å². The van der Waals surface area contributed by atoms with Gasteiger partial charge in [0.25, 0.3) is 5.56 Å². The van der Waals surface area contributed by atoms with Gasteiger partial charge < -0.3 is 5.10 Å². The van der Waals surface area contributed by atoms with Crippen LogP contribution in [0.25, 0.3) is 0 Å². The fourth-order valence-electron chi connectivity index (χ4n) is 1.52. The number of rotatable bonds is 2. The molecule has 0 fully saturated rings. The van der Waals surface area contributed by atoms with Crippen molar-refractivity contribution >= 4 is 11.6 Å². The van der Waals surface area contributed by atoms with Gasteiger partial charge in [0.1, 0.15) is 0 Å². The van der Waals surface area contributed by atoms with Crippen LogP contribution < -0.4 is 5.56 Å². The Bertz CT molecular complexity index is 527. The lowest BCUT2D eigenvalue weighted by Gasteiger charge is -2.01. The third-order valence-corrected chi connectivity index (χ3v) is 2.78. The maximum Gasteiger partial charge on any atom is 0.267 e. The quantitative estimate of drug-likeness (QED) is 0.805. The van der Waals surface area contributed by atoms with Crippen molar-refractivity contribution in [1.29, 1.82) is 0 Å². The highest BCUT2D eigenvalue weighted by Gasteiger charge is 2.08. The summed E-state index contributed by atoms with van der Waals surface area (Å²) >= 11 is 6.02. The number of halogens is 1. The smallest absolute Gasteiger partial charge is 0.267 e. The molecule has 2 rings (SSSR count). The van der Waals surface area contributed by atoms with E-state index < -0.39 is 0 Å². The molecule has 1 heterocycles. The summed E-state index contributed by atoms with van der Waals surface area (Å²) in [5.74, 6) is 0. The van der Waals surface area contributed by atoms with E-state index in [2.05, 4.69) is 10.2 Å². The monoisotopic (exact) mass is 222 g/mol. The molecular weight excluding hydrogens is 212 g/mol. The van der Waals surface area contributed by atoms with Crippen molar-refractivity contribution in [3.05, 3.63) is 56.5 Å². The molecule has 0 radical (unpaired) electrons. The zero-order chi connectivity index (χ0) is 10.8. The van der Waals surface area contributed by atoms with Crippen LogP contribution in [0.15, 0.2) is 29.1 Å². The number of H-pyrrole nitrogens is 2. The first kappa shape index (κ1) is 10.1. The van der Waals surface area contributed by atoms with E-state index in [-0.39, 0.29) is 5.56 Å². The van der Waals surface area contributed by atoms with Gasteiger partial charge in [0, 0.05) is 22.7 Å². The molecule has 3 nitrogen and oxygen atoms in total. The highest BCUT2D eigenvalue weighted by Crippen LogP contribution is 2.18. The van der Waals surface area contributed by atoms with Crippen molar-refractivity contribution in [2.45, 2.75) is 13.3 Å². The van der Waals surface area contributed by atoms with E-state index in [1.165, 1.54) is 0 Å². The number of benzene rings is 1. The van der Waals surface area contributed by atoms with Crippen LogP contribution in [0.2, 0.25) is 5.02 Å². The number of aryl methyl sites for hydroxylation is 1. The summed E-state index contributed by atoms with van der Waals surface area (Å²) in [6.07, 6.45) is 0.560. The van der Waals surface area contributed by atoms with Gasteiger partial charge in [-0.2, -0.15) is 0 Å². The summed E-state index contributed by atoms with van der Waals surface area (Å²) in [4.78, 5) is 11.4. The summed E-state index contributed by atoms with van der Waals surface area (Å²) in [6.45, 7) is 1.87. The average Bonchev–Trinajstić information content (AvgIpc) is 2.53. The van der Waals surface area contributed by atoms with Gasteiger partial charge in [0.2, 0.25) is 0 Å². The molecule has 0 spiro atoms. The summed E-state index contributed by atoms with van der Waals surface area (Å²) in [5, 5.41) is 6.04. The van der Waals surface area contributed by atoms with Crippen LogP contribution in [0, 0.1) is 6.92 Å². The summed E-state index contributed by atoms with van der Waals surface area (Å²) < 4.78 is 0. The van der Waals surface area contributed by atoms with Crippen molar-refractivity contribution in [1.82, 2.24) is 10.2 Å². The molecule has 78 valence electrons. The Hall–Kier alpha value is -1.48. The van der Waals surface area contributed by atoms with Crippen molar-refractivity contribution in [2.75, 3.05) is 0 Å². The fraction of sp³-hybridized carbons (Fsp3) is 0.182. The van der Waals surface area contributed by atoms with E-state index in [0.29, 0.717) is 11.4 Å². The van der Waals surface area contributed by atoms with Crippen molar-refractivity contribution in [2.24, 2.45) is 0 Å². The molecule has 2 N–H and O–H groups in total. The van der Waals surface area contributed by atoms with Crippen molar-refractivity contribution in [3.63, 3.8) is 0 Å². The predicted octanol–water partition coefficient (Wildman–Crippen LogP) is 2.26. The lowest BCUT2D eigenvalue weighted by molar-refractivity contribution is 1.02. The fourth-order valence-corrected chi connectivity index (χ4v) is 1.72. The van der Waals surface area contributed by atoms with Crippen LogP contribution in [-0.2, 0) is 6.42 Å². The SMILES string of the molecule is Cc1[nH][nH]c(=O)c1Cc1ccccc1Cl. The summed E-state index contributed by atoms with van der Waals surface area (Å²) in [7, 11) is 0. The molecule has 0 atom stereocenters. The van der Waals surface area contributed by atoms with E-state index in [9.17, 15) is 4.79 Å². The highest BCUT2D eigenvalue weighted by molar-refractivity contribution is 6.31. The second-order valence-electron chi connectivity index (χ2n) is 3.45. The number of hydrogen-bond donors (Lipinski definition) is 2. The predicted molar refractivity (Wildman–Crippen MR) is 60.4 cm³/mol. The zero-order valence-corrected chi connectivity index (χ0v) is 9.06. The molecule has 0 saturated heterocycles. The van der Waals surface area contributed by atoms with Crippen LogP contribution in [0.1, 0.15) is 16.8 Å². The molecule has 2 aromatic rings. The van der Waals surface area contributed by atoms with Crippen LogP contribution in [0.4, 0.5) is 0 Å². The molecule has 0 aliphatic heterocycles. The molecule has 0 aliphatic carbocycles. The first-order chi connectivity index (χ1) is 7.18. The largest absolute Gasteiger partial charge is 0.302 e. The van der Waals surface area contributed by atoms with Gasteiger partial charge in [-0.05, 0) is 18.6 Å². The van der Waals surface area contributed by atoms with Gasteiger partial charge in [0.05, 0.1) is 0 Å². The number of aromatic nitrogens is 2. The maximum absolute atomic E-state index is 11.4. The Morgan fingerprint density at radius 1 is 1.27 bits per heavy atom. The third kappa shape index (κ3) is 1.97. The first-order valence-corrected chi connectivity index (χ1v) is 5.06. The van der Waals surface area contributed by atoms with Crippen molar-refractivity contribution in [3.8, 4) is 0 Å². The Morgan fingerprint density at radius 3 is 2.60 bits per heavy atom. The number of hydrogen-bond acceptors (Lipinski definition) is 1. The molecule has 0 unspecified atom stereocenters. The van der Waals surface area contributed by atoms with E-state index in [0.717, 1.165) is 16.8 Å². The van der Waals surface area contributed by atoms with E-state index in [1.807, 2.05) is 31.2 Å². The van der Waals surface area contributed by atoms with Gasteiger partial charge in [-0.25, -0.2) is 0 Å². The lowest BCUT2D eigenvalue weighted by Crippen LogP contribution is -2.07. The number of nitrogens with one attached hydrogen (secondary N) is 2. The van der Waals surface area contributed by atoms with E-state index in [1.54, 1.807) is 0 Å². The topological polar surface area (TPSA) is 48.6 Å². The Morgan fingerprint density at radius 2 is 2.00 bits per heavy atom. The highest BCUT2D eigenvalue weighted by atomic mass is 35.5. The van der Waals surface area contributed by atoms with E-state index >= 15 is 0 Å². The van der Waals surface area contributed by atoms with Gasteiger partial charge in [-0.15, -0.1) is 0 Å². The van der Waals surface area contributed by atoms with Gasteiger partial charge >= 0.3 is 0 Å². The molecule has 0 saturated carbocycles. The zero-order valence-electron chi connectivity index (χ0n) is 8.30. The minimum atomic E-state index is -0.0765. The van der Waals surface area contributed by atoms with Crippen LogP contribution in [0.5, 0.6) is 0 Å². The van der Waals surface area contributed by atoms with Crippen LogP contribution in [0.3, 0.4) is 0 Å². The van der Waals surface area contributed by atoms with Gasteiger partial charge in [0.15, 0.2) is 0 Å². The molecule has 15 heavy (non-hydrogen) atoms. The summed E-state index contributed by atoms with van der Waals surface area (Å²) in [6, 6.07) is 7.54. The lowest BCUT2D eigenvalue weighted by atomic mass is 10.1. The van der Waals surface area contributed by atoms with Crippen LogP contribution in [-0.4, -0.2) is 10.2 Å². The number of aromatic amines is 2. The van der Waals surface area contributed by atoms with Gasteiger partial charge in [-0.3, -0.25) is 9.89 Å². The minimum Gasteiger partial charge on any atom is -0.302 e. The van der Waals surface area contributed by atoms with Gasteiger partial charge in [-0.1, -0.05) is 29.8 Å². The normalized spacial score (nSPS) is 10.5. The third-order valence-electron chi connectivity index (χ3n) is 2.42. The standard InChI is InChI=1S/C11H11ClN2O/c1-7-9(11(15)14-13-7)6-8-4-2-3-5-10(8)12/h2-5H,6H2,1H3,(H2,13,14,15). The molecule has 4 heteroatoms. The summed E-state index contributed by atoms with van der Waals surface area (Å²) in [5.41, 5.74) is 2.49. The molecule has 1 aromatic heterocycles. The second kappa shape index (κ2) is 3.95. The first-order valence-electron chi connectivity index (χ1n) is 4.68. The Kier molecular flexibility index (Phi) is 2.64. The molecule has 0 bridgehead atoms. The van der Waals surface area contributed by atoms with E-state index in [4.69, 9.17) is 11.6 Å². The minimum absolute atomic E-state index is 0.0765. The molecule has 0 aliphatic rings. The second-order valence-corrected chi connectivity index (χ2v) is 3.86. The Labute approximate surface area is 92.1 Å². The molecular formula is C11H11ClN2O. The molecule has 1 aromatic carbocycles. The average molecular weight is 223 g/mol.